The average molecular weight is 334 g/mol. The molecule has 0 bridgehead atoms. The summed E-state index contributed by atoms with van der Waals surface area (Å²) in [6.45, 7) is 6.97. The van der Waals surface area contributed by atoms with Gasteiger partial charge >= 0.3 is 5.97 Å². The van der Waals surface area contributed by atoms with Crippen molar-refractivity contribution in [2.75, 3.05) is 5.32 Å². The lowest BCUT2D eigenvalue weighted by atomic mass is 10.1. The number of hydrogen-bond acceptors (Lipinski definition) is 5. The van der Waals surface area contributed by atoms with Crippen molar-refractivity contribution >= 4 is 23.5 Å². The molecule has 1 heterocycles. The van der Waals surface area contributed by atoms with E-state index in [1.165, 1.54) is 6.92 Å². The number of anilines is 1. The number of amides is 2. The molecule has 2 amide bonds. The van der Waals surface area contributed by atoms with Gasteiger partial charge in [-0.15, -0.1) is 0 Å². The molecular formula is C17H22N2O5. The Hall–Kier alpha value is -2.57. The smallest absolute Gasteiger partial charge is 0.310 e. The Morgan fingerprint density at radius 2 is 2.00 bits per heavy atom. The third-order valence-electron chi connectivity index (χ3n) is 3.23. The fraction of sp³-hybridized carbons (Fsp3) is 0.471. The van der Waals surface area contributed by atoms with Crippen molar-refractivity contribution in [2.45, 2.75) is 51.9 Å². The van der Waals surface area contributed by atoms with Gasteiger partial charge in [-0.3, -0.25) is 14.4 Å². The third-order valence-corrected chi connectivity index (χ3v) is 3.23. The second-order valence-corrected chi connectivity index (χ2v) is 6.67. The molecule has 0 aromatic heterocycles. The van der Waals surface area contributed by atoms with E-state index in [2.05, 4.69) is 10.6 Å². The fourth-order valence-corrected chi connectivity index (χ4v) is 2.15. The number of para-hydroxylation sites is 2. The summed E-state index contributed by atoms with van der Waals surface area (Å²) in [7, 11) is 0. The molecule has 0 saturated carbocycles. The number of nitrogens with one attached hydrogen (secondary N) is 2. The van der Waals surface area contributed by atoms with Gasteiger partial charge in [-0.2, -0.15) is 0 Å². The van der Waals surface area contributed by atoms with Crippen LogP contribution < -0.4 is 15.4 Å². The van der Waals surface area contributed by atoms with Gasteiger partial charge in [0.15, 0.2) is 12.2 Å². The molecule has 1 aromatic carbocycles. The van der Waals surface area contributed by atoms with Crippen LogP contribution in [0.3, 0.4) is 0 Å². The molecule has 2 atom stereocenters. The molecule has 0 spiro atoms. The van der Waals surface area contributed by atoms with Gasteiger partial charge in [-0.25, -0.2) is 0 Å². The van der Waals surface area contributed by atoms with Gasteiger partial charge in [0.2, 0.25) is 0 Å². The lowest BCUT2D eigenvalue weighted by Crippen LogP contribution is -2.46. The van der Waals surface area contributed by atoms with Crippen LogP contribution in [0.1, 0.15) is 34.1 Å². The number of hydrogen-bond donors (Lipinski definition) is 2. The Morgan fingerprint density at radius 3 is 2.67 bits per heavy atom. The highest BCUT2D eigenvalue weighted by atomic mass is 16.6. The number of fused-ring (bicyclic) bond motifs is 1. The maximum Gasteiger partial charge on any atom is 0.310 e. The summed E-state index contributed by atoms with van der Waals surface area (Å²) in [5, 5.41) is 5.39. The zero-order valence-corrected chi connectivity index (χ0v) is 14.2. The van der Waals surface area contributed by atoms with Crippen LogP contribution >= 0.6 is 0 Å². The number of carbonyl (C=O) groups excluding carboxylic acids is 3. The maximum atomic E-state index is 12.0. The molecule has 0 radical (unpaired) electrons. The van der Waals surface area contributed by atoms with E-state index in [-0.39, 0.29) is 6.42 Å². The molecular weight excluding hydrogens is 312 g/mol. The van der Waals surface area contributed by atoms with Crippen LogP contribution in [0.2, 0.25) is 0 Å². The predicted molar refractivity (Wildman–Crippen MR) is 87.6 cm³/mol. The van der Waals surface area contributed by atoms with E-state index in [9.17, 15) is 14.4 Å². The maximum absolute atomic E-state index is 12.0. The molecule has 2 N–H and O–H groups in total. The van der Waals surface area contributed by atoms with Crippen LogP contribution in [-0.2, 0) is 19.1 Å². The van der Waals surface area contributed by atoms with Crippen molar-refractivity contribution in [3.8, 4) is 5.75 Å². The van der Waals surface area contributed by atoms with E-state index >= 15 is 0 Å². The summed E-state index contributed by atoms with van der Waals surface area (Å²) in [6.07, 6.45) is -2.20. The second kappa shape index (κ2) is 6.90. The highest BCUT2D eigenvalue weighted by molar-refractivity contribution is 5.99. The Bertz CT molecular complexity index is 651. The largest absolute Gasteiger partial charge is 0.478 e. The first-order valence-corrected chi connectivity index (χ1v) is 7.74. The average Bonchev–Trinajstić information content (AvgIpc) is 2.46. The van der Waals surface area contributed by atoms with Crippen molar-refractivity contribution in [3.63, 3.8) is 0 Å². The van der Waals surface area contributed by atoms with Crippen LogP contribution in [-0.4, -0.2) is 35.5 Å². The number of ether oxygens (including phenoxy) is 2. The number of esters is 1. The fourth-order valence-electron chi connectivity index (χ4n) is 2.15. The zero-order valence-electron chi connectivity index (χ0n) is 14.2. The van der Waals surface area contributed by atoms with Crippen molar-refractivity contribution < 1.29 is 23.9 Å². The minimum atomic E-state index is -0.981. The first-order chi connectivity index (χ1) is 11.2. The molecule has 0 fully saturated rings. The van der Waals surface area contributed by atoms with Crippen LogP contribution in [0.4, 0.5) is 5.69 Å². The van der Waals surface area contributed by atoms with Crippen LogP contribution in [0, 0.1) is 0 Å². The van der Waals surface area contributed by atoms with Gasteiger partial charge in [0.25, 0.3) is 11.8 Å². The van der Waals surface area contributed by atoms with Crippen LogP contribution in [0.5, 0.6) is 5.75 Å². The van der Waals surface area contributed by atoms with E-state index in [0.29, 0.717) is 11.4 Å². The minimum absolute atomic E-state index is 0.271. The summed E-state index contributed by atoms with van der Waals surface area (Å²) in [5.74, 6) is -0.993. The summed E-state index contributed by atoms with van der Waals surface area (Å²) >= 11 is 0. The molecule has 1 aliphatic heterocycles. The van der Waals surface area contributed by atoms with Gasteiger partial charge in [0, 0.05) is 5.54 Å². The van der Waals surface area contributed by atoms with E-state index in [0.717, 1.165) is 0 Å². The topological polar surface area (TPSA) is 93.7 Å². The zero-order chi connectivity index (χ0) is 17.9. The molecule has 24 heavy (non-hydrogen) atoms. The van der Waals surface area contributed by atoms with Crippen LogP contribution in [0.25, 0.3) is 0 Å². The monoisotopic (exact) mass is 334 g/mol. The van der Waals surface area contributed by atoms with E-state index < -0.39 is 35.5 Å². The van der Waals surface area contributed by atoms with E-state index in [1.54, 1.807) is 24.3 Å². The molecule has 0 unspecified atom stereocenters. The molecule has 7 nitrogen and oxygen atoms in total. The van der Waals surface area contributed by atoms with E-state index in [4.69, 9.17) is 9.47 Å². The van der Waals surface area contributed by atoms with Gasteiger partial charge < -0.3 is 20.1 Å². The Labute approximate surface area is 140 Å². The Balaban J connectivity index is 1.91. The molecule has 1 aromatic rings. The van der Waals surface area contributed by atoms with Gasteiger partial charge in [0.05, 0.1) is 12.1 Å². The van der Waals surface area contributed by atoms with Gasteiger partial charge in [0.1, 0.15) is 5.75 Å². The second-order valence-electron chi connectivity index (χ2n) is 6.67. The SMILES string of the molecule is C[C@H](OC(=O)C[C@H]1Oc2ccccc2NC1=O)C(=O)NC(C)(C)C. The van der Waals surface area contributed by atoms with Crippen molar-refractivity contribution in [1.29, 1.82) is 0 Å². The Morgan fingerprint density at radius 1 is 1.33 bits per heavy atom. The van der Waals surface area contributed by atoms with Crippen molar-refractivity contribution in [1.82, 2.24) is 5.32 Å². The molecule has 7 heteroatoms. The molecule has 2 rings (SSSR count). The number of rotatable bonds is 4. The number of carbonyl (C=O) groups is 3. The highest BCUT2D eigenvalue weighted by Crippen LogP contribution is 2.29. The molecule has 0 saturated heterocycles. The summed E-state index contributed by atoms with van der Waals surface area (Å²) in [5.41, 5.74) is 0.137. The first kappa shape index (κ1) is 17.8. The summed E-state index contributed by atoms with van der Waals surface area (Å²) in [4.78, 5) is 35.9. The quantitative estimate of drug-likeness (QED) is 0.816. The predicted octanol–water partition coefficient (Wildman–Crippen LogP) is 1.62. The third kappa shape index (κ3) is 4.71. The normalized spacial score (nSPS) is 17.8. The molecule has 1 aliphatic rings. The first-order valence-electron chi connectivity index (χ1n) is 7.74. The Kier molecular flexibility index (Phi) is 5.11. The van der Waals surface area contributed by atoms with Crippen molar-refractivity contribution in [3.05, 3.63) is 24.3 Å². The summed E-state index contributed by atoms with van der Waals surface area (Å²) < 4.78 is 10.6. The molecule has 130 valence electrons. The van der Waals surface area contributed by atoms with Gasteiger partial charge in [-0.1, -0.05) is 12.1 Å². The number of benzene rings is 1. The van der Waals surface area contributed by atoms with Gasteiger partial charge in [-0.05, 0) is 39.8 Å². The lowest BCUT2D eigenvalue weighted by molar-refractivity contribution is -0.157. The molecule has 0 aliphatic carbocycles. The van der Waals surface area contributed by atoms with E-state index in [1.807, 2.05) is 20.8 Å². The lowest BCUT2D eigenvalue weighted by Gasteiger charge is -2.26. The highest BCUT2D eigenvalue weighted by Gasteiger charge is 2.31. The minimum Gasteiger partial charge on any atom is -0.478 e. The van der Waals surface area contributed by atoms with Crippen LogP contribution in [0.15, 0.2) is 24.3 Å². The van der Waals surface area contributed by atoms with Crippen molar-refractivity contribution in [2.24, 2.45) is 0 Å². The standard InChI is InChI=1S/C17H22N2O5/c1-10(15(21)19-17(2,3)4)23-14(20)9-13-16(22)18-11-7-5-6-8-12(11)24-13/h5-8,10,13H,9H2,1-4H3,(H,18,22)(H,19,21)/t10-,13+/m0/s1. The summed E-state index contributed by atoms with van der Waals surface area (Å²) in [6, 6.07) is 6.95.